The van der Waals surface area contributed by atoms with Crippen LogP contribution in [0.1, 0.15) is 13.8 Å². The standard InChI is InChI=1S/C10H18N2O.ClH/c1-4-8(3)12-10(13)9-6-11-5-7(9)2;/h4,7-9,11H,1,5-6H2,2-3H3,(H,12,13);1H/t7-,8?,9-;/m1./s1. The zero-order valence-electron chi connectivity index (χ0n) is 8.75. The third-order valence-electron chi connectivity index (χ3n) is 2.58. The van der Waals surface area contributed by atoms with Crippen LogP contribution in [0.4, 0.5) is 0 Å². The van der Waals surface area contributed by atoms with Gasteiger partial charge in [-0.1, -0.05) is 13.0 Å². The van der Waals surface area contributed by atoms with Gasteiger partial charge in [-0.3, -0.25) is 4.79 Å². The summed E-state index contributed by atoms with van der Waals surface area (Å²) in [5.41, 5.74) is 0. The van der Waals surface area contributed by atoms with Crippen LogP contribution in [0.3, 0.4) is 0 Å². The second kappa shape index (κ2) is 6.04. The molecule has 0 radical (unpaired) electrons. The van der Waals surface area contributed by atoms with E-state index in [0.29, 0.717) is 5.92 Å². The van der Waals surface area contributed by atoms with Gasteiger partial charge in [-0.25, -0.2) is 0 Å². The first kappa shape index (κ1) is 13.5. The van der Waals surface area contributed by atoms with Gasteiger partial charge < -0.3 is 10.6 Å². The van der Waals surface area contributed by atoms with Crippen molar-refractivity contribution in [3.63, 3.8) is 0 Å². The van der Waals surface area contributed by atoms with Gasteiger partial charge in [0.15, 0.2) is 0 Å². The van der Waals surface area contributed by atoms with E-state index < -0.39 is 0 Å². The summed E-state index contributed by atoms with van der Waals surface area (Å²) >= 11 is 0. The van der Waals surface area contributed by atoms with Gasteiger partial charge in [0, 0.05) is 12.6 Å². The van der Waals surface area contributed by atoms with Crippen molar-refractivity contribution in [2.45, 2.75) is 19.9 Å². The molecule has 0 aromatic rings. The Morgan fingerprint density at radius 2 is 2.29 bits per heavy atom. The molecule has 4 heteroatoms. The summed E-state index contributed by atoms with van der Waals surface area (Å²) in [6.07, 6.45) is 1.74. The van der Waals surface area contributed by atoms with Crippen LogP contribution in [-0.4, -0.2) is 25.0 Å². The number of halogens is 1. The molecule has 1 fully saturated rings. The highest BCUT2D eigenvalue weighted by Gasteiger charge is 2.29. The van der Waals surface area contributed by atoms with Crippen molar-refractivity contribution in [2.75, 3.05) is 13.1 Å². The van der Waals surface area contributed by atoms with Gasteiger partial charge in [0.25, 0.3) is 0 Å². The minimum Gasteiger partial charge on any atom is -0.350 e. The topological polar surface area (TPSA) is 41.1 Å². The molecule has 0 saturated carbocycles. The monoisotopic (exact) mass is 218 g/mol. The third kappa shape index (κ3) is 3.31. The van der Waals surface area contributed by atoms with Crippen molar-refractivity contribution in [1.29, 1.82) is 0 Å². The highest BCUT2D eigenvalue weighted by atomic mass is 35.5. The Morgan fingerprint density at radius 1 is 1.64 bits per heavy atom. The van der Waals surface area contributed by atoms with Crippen LogP contribution in [0.25, 0.3) is 0 Å². The molecule has 14 heavy (non-hydrogen) atoms. The fourth-order valence-electron chi connectivity index (χ4n) is 1.55. The number of carbonyl (C=O) groups is 1. The van der Waals surface area contributed by atoms with Gasteiger partial charge >= 0.3 is 0 Å². The van der Waals surface area contributed by atoms with Crippen molar-refractivity contribution in [3.05, 3.63) is 12.7 Å². The first-order valence-electron chi connectivity index (χ1n) is 4.78. The van der Waals surface area contributed by atoms with Crippen LogP contribution < -0.4 is 10.6 Å². The van der Waals surface area contributed by atoms with Crippen molar-refractivity contribution >= 4 is 18.3 Å². The summed E-state index contributed by atoms with van der Waals surface area (Å²) in [5, 5.41) is 6.11. The van der Waals surface area contributed by atoms with E-state index in [0.717, 1.165) is 13.1 Å². The number of amides is 1. The highest BCUT2D eigenvalue weighted by Crippen LogP contribution is 2.15. The van der Waals surface area contributed by atoms with Crippen LogP contribution in [0, 0.1) is 11.8 Å². The quantitative estimate of drug-likeness (QED) is 0.693. The molecule has 1 unspecified atom stereocenters. The smallest absolute Gasteiger partial charge is 0.225 e. The summed E-state index contributed by atoms with van der Waals surface area (Å²) in [7, 11) is 0. The molecule has 1 saturated heterocycles. The lowest BCUT2D eigenvalue weighted by Crippen LogP contribution is -2.38. The van der Waals surface area contributed by atoms with Gasteiger partial charge in [0.05, 0.1) is 5.92 Å². The van der Waals surface area contributed by atoms with Crippen molar-refractivity contribution in [3.8, 4) is 0 Å². The molecule has 3 atom stereocenters. The maximum atomic E-state index is 11.6. The molecule has 0 aliphatic carbocycles. The number of hydrogen-bond acceptors (Lipinski definition) is 2. The summed E-state index contributed by atoms with van der Waals surface area (Å²) in [4.78, 5) is 11.6. The Hall–Kier alpha value is -0.540. The Labute approximate surface area is 91.7 Å². The number of hydrogen-bond donors (Lipinski definition) is 2. The maximum absolute atomic E-state index is 11.6. The van der Waals surface area contributed by atoms with E-state index in [-0.39, 0.29) is 30.3 Å². The number of rotatable bonds is 3. The van der Waals surface area contributed by atoms with Gasteiger partial charge in [-0.2, -0.15) is 0 Å². The zero-order chi connectivity index (χ0) is 9.84. The average molecular weight is 219 g/mol. The maximum Gasteiger partial charge on any atom is 0.225 e. The predicted molar refractivity (Wildman–Crippen MR) is 60.6 cm³/mol. The van der Waals surface area contributed by atoms with E-state index in [1.165, 1.54) is 0 Å². The molecule has 3 nitrogen and oxygen atoms in total. The summed E-state index contributed by atoms with van der Waals surface area (Å²) in [6, 6.07) is 0.0697. The molecule has 0 aromatic carbocycles. The highest BCUT2D eigenvalue weighted by molar-refractivity contribution is 5.85. The molecule has 0 spiro atoms. The molecule has 1 aliphatic rings. The molecule has 1 rings (SSSR count). The average Bonchev–Trinajstić information content (AvgIpc) is 2.51. The fourth-order valence-corrected chi connectivity index (χ4v) is 1.55. The Kier molecular flexibility index (Phi) is 5.81. The van der Waals surface area contributed by atoms with Crippen molar-refractivity contribution in [1.82, 2.24) is 10.6 Å². The fraction of sp³-hybridized carbons (Fsp3) is 0.700. The van der Waals surface area contributed by atoms with Crippen LogP contribution in [0.2, 0.25) is 0 Å². The molecular weight excluding hydrogens is 200 g/mol. The van der Waals surface area contributed by atoms with Crippen LogP contribution in [0.15, 0.2) is 12.7 Å². The first-order chi connectivity index (χ1) is 6.15. The van der Waals surface area contributed by atoms with Gasteiger partial charge in [-0.05, 0) is 19.4 Å². The molecule has 82 valence electrons. The van der Waals surface area contributed by atoms with Crippen molar-refractivity contribution in [2.24, 2.45) is 11.8 Å². The van der Waals surface area contributed by atoms with Gasteiger partial charge in [-0.15, -0.1) is 19.0 Å². The van der Waals surface area contributed by atoms with E-state index >= 15 is 0 Å². The molecular formula is C10H19ClN2O. The Morgan fingerprint density at radius 3 is 2.71 bits per heavy atom. The second-order valence-corrected chi connectivity index (χ2v) is 3.77. The lowest BCUT2D eigenvalue weighted by atomic mass is 9.97. The summed E-state index contributed by atoms with van der Waals surface area (Å²) in [5.74, 6) is 0.712. The minimum absolute atomic E-state index is 0. The second-order valence-electron chi connectivity index (χ2n) is 3.77. The molecule has 0 bridgehead atoms. The van der Waals surface area contributed by atoms with E-state index in [4.69, 9.17) is 0 Å². The van der Waals surface area contributed by atoms with Gasteiger partial charge in [0.2, 0.25) is 5.91 Å². The van der Waals surface area contributed by atoms with E-state index in [9.17, 15) is 4.79 Å². The van der Waals surface area contributed by atoms with E-state index in [1.54, 1.807) is 6.08 Å². The number of carbonyl (C=O) groups excluding carboxylic acids is 1. The summed E-state index contributed by atoms with van der Waals surface area (Å²) in [6.45, 7) is 9.40. The van der Waals surface area contributed by atoms with Gasteiger partial charge in [0.1, 0.15) is 0 Å². The summed E-state index contributed by atoms with van der Waals surface area (Å²) < 4.78 is 0. The minimum atomic E-state index is 0. The largest absolute Gasteiger partial charge is 0.350 e. The van der Waals surface area contributed by atoms with E-state index in [1.807, 2.05) is 6.92 Å². The van der Waals surface area contributed by atoms with Crippen LogP contribution in [-0.2, 0) is 4.79 Å². The third-order valence-corrected chi connectivity index (χ3v) is 2.58. The molecule has 2 N–H and O–H groups in total. The SMILES string of the molecule is C=CC(C)NC(=O)[C@@H]1CNC[C@H]1C.Cl. The lowest BCUT2D eigenvalue weighted by Gasteiger charge is -2.16. The van der Waals surface area contributed by atoms with E-state index in [2.05, 4.69) is 24.1 Å². The lowest BCUT2D eigenvalue weighted by molar-refractivity contribution is -0.125. The van der Waals surface area contributed by atoms with Crippen LogP contribution >= 0.6 is 12.4 Å². The first-order valence-corrected chi connectivity index (χ1v) is 4.78. The number of nitrogens with one attached hydrogen (secondary N) is 2. The predicted octanol–water partition coefficient (Wildman–Crippen LogP) is 0.954. The van der Waals surface area contributed by atoms with Crippen molar-refractivity contribution < 1.29 is 4.79 Å². The van der Waals surface area contributed by atoms with Crippen LogP contribution in [0.5, 0.6) is 0 Å². The molecule has 1 amide bonds. The molecule has 1 aliphatic heterocycles. The molecule has 1 heterocycles. The normalized spacial score (nSPS) is 27.6. The molecule has 0 aromatic heterocycles. The Balaban J connectivity index is 0.00000169. The zero-order valence-corrected chi connectivity index (χ0v) is 9.56. The Bertz CT molecular complexity index is 208.